The molecule has 1 saturated heterocycles. The number of hydrogen-bond donors (Lipinski definition) is 1. The molecule has 0 aliphatic carbocycles. The van der Waals surface area contributed by atoms with E-state index >= 15 is 0 Å². The third-order valence-electron chi connectivity index (χ3n) is 3.62. The molecule has 0 saturated carbocycles. The van der Waals surface area contributed by atoms with Crippen LogP contribution in [0.4, 0.5) is 5.69 Å². The van der Waals surface area contributed by atoms with Gasteiger partial charge in [0.2, 0.25) is 0 Å². The van der Waals surface area contributed by atoms with Crippen LogP contribution in [0.3, 0.4) is 0 Å². The van der Waals surface area contributed by atoms with Crippen molar-refractivity contribution in [1.29, 1.82) is 0 Å². The van der Waals surface area contributed by atoms with Crippen LogP contribution in [-0.2, 0) is 0 Å². The molecule has 1 fully saturated rings. The van der Waals surface area contributed by atoms with Gasteiger partial charge in [0, 0.05) is 18.7 Å². The number of anilines is 1. The van der Waals surface area contributed by atoms with Gasteiger partial charge in [-0.15, -0.1) is 0 Å². The molecule has 0 spiro atoms. The van der Waals surface area contributed by atoms with Crippen LogP contribution in [-0.4, -0.2) is 24.0 Å². The Morgan fingerprint density at radius 2 is 1.75 bits per heavy atom. The van der Waals surface area contributed by atoms with Crippen LogP contribution < -0.4 is 10.6 Å². The van der Waals surface area contributed by atoms with Gasteiger partial charge in [-0.2, -0.15) is 0 Å². The van der Waals surface area contributed by atoms with Crippen molar-refractivity contribution in [1.82, 2.24) is 4.98 Å². The summed E-state index contributed by atoms with van der Waals surface area (Å²) >= 11 is 0. The van der Waals surface area contributed by atoms with Gasteiger partial charge in [0.15, 0.2) is 5.69 Å². The van der Waals surface area contributed by atoms with Crippen molar-refractivity contribution >= 4 is 11.6 Å². The largest absolute Gasteiger partial charge is 0.370 e. The minimum Gasteiger partial charge on any atom is -0.370 e. The Balaban J connectivity index is 2.04. The summed E-state index contributed by atoms with van der Waals surface area (Å²) in [5.41, 5.74) is 8.49. The summed E-state index contributed by atoms with van der Waals surface area (Å²) in [6.07, 6.45) is 2.30. The van der Waals surface area contributed by atoms with E-state index in [4.69, 9.17) is 5.73 Å². The van der Waals surface area contributed by atoms with Crippen molar-refractivity contribution in [2.75, 3.05) is 18.0 Å². The van der Waals surface area contributed by atoms with Crippen LogP contribution in [0.25, 0.3) is 11.3 Å². The number of carbonyl (C=O) groups excluding carboxylic acids is 1. The molecule has 4 heteroatoms. The molecule has 0 radical (unpaired) electrons. The molecule has 1 aromatic heterocycles. The molecular formula is C16H17N3O. The van der Waals surface area contributed by atoms with E-state index in [9.17, 15) is 4.79 Å². The zero-order chi connectivity index (χ0) is 13.9. The Labute approximate surface area is 118 Å². The number of hydrogen-bond acceptors (Lipinski definition) is 3. The minimum atomic E-state index is -0.468. The summed E-state index contributed by atoms with van der Waals surface area (Å²) in [7, 11) is 0. The fourth-order valence-electron chi connectivity index (χ4n) is 2.62. The van der Waals surface area contributed by atoms with Gasteiger partial charge in [-0.3, -0.25) is 4.79 Å². The van der Waals surface area contributed by atoms with Crippen LogP contribution in [0.2, 0.25) is 0 Å². The summed E-state index contributed by atoms with van der Waals surface area (Å²) in [5.74, 6) is -0.468. The molecule has 1 aromatic carbocycles. The molecule has 0 unspecified atom stereocenters. The maximum absolute atomic E-state index is 11.7. The van der Waals surface area contributed by atoms with E-state index in [-0.39, 0.29) is 0 Å². The van der Waals surface area contributed by atoms with Gasteiger partial charge in [0.25, 0.3) is 5.91 Å². The number of benzene rings is 1. The Kier molecular flexibility index (Phi) is 3.37. The number of amides is 1. The van der Waals surface area contributed by atoms with Crippen LogP contribution in [0.5, 0.6) is 0 Å². The highest BCUT2D eigenvalue weighted by Gasteiger charge is 2.20. The predicted octanol–water partition coefficient (Wildman–Crippen LogP) is 2.45. The number of nitrogens with zero attached hydrogens (tertiary/aromatic N) is 2. The van der Waals surface area contributed by atoms with Crippen LogP contribution in [0.15, 0.2) is 42.5 Å². The van der Waals surface area contributed by atoms with E-state index in [0.717, 1.165) is 42.9 Å². The van der Waals surface area contributed by atoms with E-state index in [2.05, 4.69) is 9.88 Å². The number of primary amides is 1. The first kappa shape index (κ1) is 12.7. The fraction of sp³-hybridized carbons (Fsp3) is 0.250. The van der Waals surface area contributed by atoms with Gasteiger partial charge in [-0.1, -0.05) is 30.3 Å². The molecule has 1 amide bonds. The number of pyridine rings is 1. The molecule has 20 heavy (non-hydrogen) atoms. The van der Waals surface area contributed by atoms with Crippen molar-refractivity contribution in [2.24, 2.45) is 5.73 Å². The molecule has 2 N–H and O–H groups in total. The van der Waals surface area contributed by atoms with Crippen LogP contribution >= 0.6 is 0 Å². The van der Waals surface area contributed by atoms with Crippen LogP contribution in [0.1, 0.15) is 23.3 Å². The quantitative estimate of drug-likeness (QED) is 0.929. The number of rotatable bonds is 3. The van der Waals surface area contributed by atoms with Gasteiger partial charge in [-0.25, -0.2) is 4.98 Å². The lowest BCUT2D eigenvalue weighted by Crippen LogP contribution is -2.24. The predicted molar refractivity (Wildman–Crippen MR) is 79.6 cm³/mol. The van der Waals surface area contributed by atoms with Crippen molar-refractivity contribution in [3.05, 3.63) is 48.2 Å². The lowest BCUT2D eigenvalue weighted by Gasteiger charge is -2.20. The molecule has 1 aliphatic rings. The molecule has 0 bridgehead atoms. The second kappa shape index (κ2) is 5.33. The Morgan fingerprint density at radius 1 is 1.05 bits per heavy atom. The molecule has 4 nitrogen and oxygen atoms in total. The normalized spacial score (nSPS) is 14.5. The second-order valence-corrected chi connectivity index (χ2v) is 4.99. The first-order valence-corrected chi connectivity index (χ1v) is 6.87. The third-order valence-corrected chi connectivity index (χ3v) is 3.62. The average molecular weight is 267 g/mol. The van der Waals surface area contributed by atoms with Gasteiger partial charge in [-0.05, 0) is 25.0 Å². The summed E-state index contributed by atoms with van der Waals surface area (Å²) in [6.45, 7) is 1.93. The first-order chi connectivity index (χ1) is 9.75. The Morgan fingerprint density at radius 3 is 2.40 bits per heavy atom. The molecule has 2 aromatic rings. The van der Waals surface area contributed by atoms with E-state index < -0.39 is 5.91 Å². The van der Waals surface area contributed by atoms with Gasteiger partial charge < -0.3 is 10.6 Å². The minimum absolute atomic E-state index is 0.369. The highest BCUT2D eigenvalue weighted by atomic mass is 16.1. The molecular weight excluding hydrogens is 250 g/mol. The topological polar surface area (TPSA) is 59.2 Å². The zero-order valence-electron chi connectivity index (χ0n) is 11.2. The van der Waals surface area contributed by atoms with E-state index in [1.54, 1.807) is 0 Å². The smallest absolute Gasteiger partial charge is 0.269 e. The zero-order valence-corrected chi connectivity index (χ0v) is 11.2. The van der Waals surface area contributed by atoms with E-state index in [1.807, 2.05) is 42.5 Å². The number of nitrogens with two attached hydrogens (primary N) is 1. The highest BCUT2D eigenvalue weighted by Crippen LogP contribution is 2.26. The molecule has 102 valence electrons. The van der Waals surface area contributed by atoms with Gasteiger partial charge >= 0.3 is 0 Å². The Bertz CT molecular complexity index is 619. The molecule has 1 aliphatic heterocycles. The summed E-state index contributed by atoms with van der Waals surface area (Å²) in [6, 6.07) is 13.7. The molecule has 0 atom stereocenters. The lowest BCUT2D eigenvalue weighted by molar-refractivity contribution is 0.0996. The van der Waals surface area contributed by atoms with E-state index in [0.29, 0.717) is 5.69 Å². The maximum atomic E-state index is 11.7. The summed E-state index contributed by atoms with van der Waals surface area (Å²) in [5, 5.41) is 0. The molecule has 3 rings (SSSR count). The fourth-order valence-corrected chi connectivity index (χ4v) is 2.62. The monoisotopic (exact) mass is 267 g/mol. The summed E-state index contributed by atoms with van der Waals surface area (Å²) in [4.78, 5) is 18.3. The third kappa shape index (κ3) is 2.37. The van der Waals surface area contributed by atoms with Gasteiger partial charge in [0.05, 0.1) is 11.4 Å². The average Bonchev–Trinajstić information content (AvgIpc) is 3.01. The summed E-state index contributed by atoms with van der Waals surface area (Å²) < 4.78 is 0. The lowest BCUT2D eigenvalue weighted by atomic mass is 10.1. The second-order valence-electron chi connectivity index (χ2n) is 4.99. The SMILES string of the molecule is NC(=O)c1nc(-c2ccccc2)ccc1N1CCCC1. The van der Waals surface area contributed by atoms with Crippen molar-refractivity contribution in [3.63, 3.8) is 0 Å². The number of aromatic nitrogens is 1. The van der Waals surface area contributed by atoms with Crippen molar-refractivity contribution in [3.8, 4) is 11.3 Å². The Hall–Kier alpha value is -2.36. The van der Waals surface area contributed by atoms with Gasteiger partial charge in [0.1, 0.15) is 0 Å². The highest BCUT2D eigenvalue weighted by molar-refractivity contribution is 5.97. The van der Waals surface area contributed by atoms with Crippen molar-refractivity contribution < 1.29 is 4.79 Å². The number of carbonyl (C=O) groups is 1. The molecule has 2 heterocycles. The van der Waals surface area contributed by atoms with Crippen LogP contribution in [0, 0.1) is 0 Å². The standard InChI is InChI=1S/C16H17N3O/c17-16(20)15-14(19-10-4-5-11-19)9-8-13(18-15)12-6-2-1-3-7-12/h1-3,6-9H,4-5,10-11H2,(H2,17,20). The van der Waals surface area contributed by atoms with E-state index in [1.165, 1.54) is 0 Å². The van der Waals surface area contributed by atoms with Crippen molar-refractivity contribution in [2.45, 2.75) is 12.8 Å². The maximum Gasteiger partial charge on any atom is 0.269 e. The first-order valence-electron chi connectivity index (χ1n) is 6.87.